The van der Waals surface area contributed by atoms with Gasteiger partial charge >= 0.3 is 6.18 Å². The monoisotopic (exact) mass is 271 g/mol. The van der Waals surface area contributed by atoms with E-state index in [2.05, 4.69) is 15.8 Å². The van der Waals surface area contributed by atoms with Crippen molar-refractivity contribution in [2.75, 3.05) is 12.4 Å². The first-order chi connectivity index (χ1) is 8.91. The van der Waals surface area contributed by atoms with Crippen molar-refractivity contribution < 1.29 is 18.0 Å². The first kappa shape index (κ1) is 13.4. The van der Waals surface area contributed by atoms with Gasteiger partial charge in [0.25, 0.3) is 0 Å². The summed E-state index contributed by atoms with van der Waals surface area (Å²) in [6.45, 7) is 0. The first-order valence-electron chi connectivity index (χ1n) is 5.66. The molecule has 0 saturated carbocycles. The third-order valence-electron chi connectivity index (χ3n) is 2.83. The molecule has 1 aromatic carbocycles. The van der Waals surface area contributed by atoms with Gasteiger partial charge in [0, 0.05) is 25.6 Å². The molecule has 2 N–H and O–H groups in total. The quantitative estimate of drug-likeness (QED) is 0.867. The minimum atomic E-state index is -4.44. The predicted molar refractivity (Wildman–Crippen MR) is 64.9 cm³/mol. The molecule has 0 atom stereocenters. The fourth-order valence-corrected chi connectivity index (χ4v) is 1.86. The van der Waals surface area contributed by atoms with E-state index >= 15 is 0 Å². The van der Waals surface area contributed by atoms with Crippen molar-refractivity contribution in [1.82, 2.24) is 5.43 Å². The highest BCUT2D eigenvalue weighted by Gasteiger charge is 2.34. The number of benzene rings is 1. The van der Waals surface area contributed by atoms with Gasteiger partial charge in [-0.05, 0) is 17.7 Å². The number of rotatable bonds is 2. The summed E-state index contributed by atoms with van der Waals surface area (Å²) < 4.78 is 38.7. The van der Waals surface area contributed by atoms with Crippen LogP contribution in [0.15, 0.2) is 23.3 Å². The summed E-state index contributed by atoms with van der Waals surface area (Å²) in [6, 6.07) is 3.95. The highest BCUT2D eigenvalue weighted by Crippen LogP contribution is 2.35. The molecular formula is C12H12F3N3O. The SMILES string of the molecule is CNc1ccc(C2=NNC(=O)CC2)cc1C(F)(F)F. The summed E-state index contributed by atoms with van der Waals surface area (Å²) in [5.74, 6) is -0.230. The number of nitrogens with zero attached hydrogens (tertiary/aromatic N) is 1. The highest BCUT2D eigenvalue weighted by atomic mass is 19.4. The van der Waals surface area contributed by atoms with E-state index < -0.39 is 11.7 Å². The Morgan fingerprint density at radius 3 is 2.58 bits per heavy atom. The number of hydrogen-bond acceptors (Lipinski definition) is 3. The number of alkyl halides is 3. The smallest absolute Gasteiger partial charge is 0.388 e. The Hall–Kier alpha value is -2.05. The zero-order chi connectivity index (χ0) is 14.0. The van der Waals surface area contributed by atoms with Gasteiger partial charge in [0.15, 0.2) is 0 Å². The van der Waals surface area contributed by atoms with Crippen LogP contribution in [-0.4, -0.2) is 18.7 Å². The van der Waals surface area contributed by atoms with Gasteiger partial charge in [-0.3, -0.25) is 4.79 Å². The average molecular weight is 271 g/mol. The molecule has 0 saturated heterocycles. The molecule has 2 rings (SSSR count). The second-order valence-corrected chi connectivity index (χ2v) is 4.10. The minimum Gasteiger partial charge on any atom is -0.388 e. The molecule has 19 heavy (non-hydrogen) atoms. The maximum Gasteiger partial charge on any atom is 0.418 e. The van der Waals surface area contributed by atoms with E-state index in [0.717, 1.165) is 6.07 Å². The third kappa shape index (κ3) is 2.86. The average Bonchev–Trinajstić information content (AvgIpc) is 2.38. The molecule has 1 amide bonds. The molecule has 102 valence electrons. The van der Waals surface area contributed by atoms with E-state index in [-0.39, 0.29) is 18.0 Å². The van der Waals surface area contributed by atoms with E-state index in [1.165, 1.54) is 13.1 Å². The topological polar surface area (TPSA) is 53.5 Å². The Morgan fingerprint density at radius 2 is 2.05 bits per heavy atom. The number of hydrazone groups is 1. The van der Waals surface area contributed by atoms with Gasteiger partial charge in [-0.15, -0.1) is 0 Å². The second-order valence-electron chi connectivity index (χ2n) is 4.10. The summed E-state index contributed by atoms with van der Waals surface area (Å²) in [4.78, 5) is 11.0. The van der Waals surface area contributed by atoms with Crippen molar-refractivity contribution in [1.29, 1.82) is 0 Å². The lowest BCUT2D eigenvalue weighted by Crippen LogP contribution is -2.26. The molecule has 0 fully saturated rings. The minimum absolute atomic E-state index is 0.0108. The number of hydrogen-bond donors (Lipinski definition) is 2. The van der Waals surface area contributed by atoms with Crippen LogP contribution in [-0.2, 0) is 11.0 Å². The third-order valence-corrected chi connectivity index (χ3v) is 2.83. The first-order valence-corrected chi connectivity index (χ1v) is 5.66. The van der Waals surface area contributed by atoms with Crippen LogP contribution in [0.2, 0.25) is 0 Å². The maximum atomic E-state index is 12.9. The van der Waals surface area contributed by atoms with Crippen molar-refractivity contribution in [3.8, 4) is 0 Å². The zero-order valence-corrected chi connectivity index (χ0v) is 10.1. The standard InChI is InChI=1S/C12H12F3N3O/c1-16-10-3-2-7(6-8(10)12(13,14)15)9-4-5-11(19)18-17-9/h2-3,6,16H,4-5H2,1H3,(H,18,19). The zero-order valence-electron chi connectivity index (χ0n) is 10.1. The predicted octanol–water partition coefficient (Wildman–Crippen LogP) is 2.36. The number of carbonyl (C=O) groups excluding carboxylic acids is 1. The lowest BCUT2D eigenvalue weighted by Gasteiger charge is -2.16. The molecule has 4 nitrogen and oxygen atoms in total. The number of nitrogens with one attached hydrogen (secondary N) is 2. The van der Waals surface area contributed by atoms with Crippen molar-refractivity contribution in [2.24, 2.45) is 5.10 Å². The van der Waals surface area contributed by atoms with Crippen LogP contribution in [0.1, 0.15) is 24.0 Å². The number of carbonyl (C=O) groups is 1. The molecule has 1 aromatic rings. The Bertz CT molecular complexity index is 538. The lowest BCUT2D eigenvalue weighted by atomic mass is 10.0. The fraction of sp³-hybridized carbons (Fsp3) is 0.333. The molecule has 0 aliphatic carbocycles. The van der Waals surface area contributed by atoms with Gasteiger partial charge in [-0.1, -0.05) is 6.07 Å². The molecule has 1 aliphatic rings. The number of amides is 1. The summed E-state index contributed by atoms with van der Waals surface area (Å²) in [7, 11) is 1.43. The van der Waals surface area contributed by atoms with Crippen molar-refractivity contribution in [3.05, 3.63) is 29.3 Å². The van der Waals surface area contributed by atoms with Crippen molar-refractivity contribution in [2.45, 2.75) is 19.0 Å². The van der Waals surface area contributed by atoms with Crippen LogP contribution in [0.4, 0.5) is 18.9 Å². The summed E-state index contributed by atoms with van der Waals surface area (Å²) in [5.41, 5.74) is 2.36. The van der Waals surface area contributed by atoms with Crippen LogP contribution in [0, 0.1) is 0 Å². The maximum absolute atomic E-state index is 12.9. The Morgan fingerprint density at radius 1 is 1.32 bits per heavy atom. The van der Waals surface area contributed by atoms with Crippen LogP contribution in [0.25, 0.3) is 0 Å². The van der Waals surface area contributed by atoms with Gasteiger partial charge in [0.1, 0.15) is 0 Å². The summed E-state index contributed by atoms with van der Waals surface area (Å²) in [5, 5.41) is 6.30. The normalized spacial score (nSPS) is 15.8. The van der Waals surface area contributed by atoms with E-state index in [1.807, 2.05) is 0 Å². The Balaban J connectivity index is 2.41. The molecule has 7 heteroatoms. The van der Waals surface area contributed by atoms with Crippen molar-refractivity contribution >= 4 is 17.3 Å². The second kappa shape index (κ2) is 4.91. The van der Waals surface area contributed by atoms with Gasteiger partial charge in [0.2, 0.25) is 5.91 Å². The highest BCUT2D eigenvalue weighted by molar-refractivity contribution is 6.04. The number of halogens is 3. The fourth-order valence-electron chi connectivity index (χ4n) is 1.86. The molecule has 0 aromatic heterocycles. The lowest BCUT2D eigenvalue weighted by molar-refractivity contribution is -0.137. The van der Waals surface area contributed by atoms with Gasteiger partial charge in [-0.25, -0.2) is 5.43 Å². The molecule has 1 heterocycles. The van der Waals surface area contributed by atoms with Crippen LogP contribution in [0.5, 0.6) is 0 Å². The van der Waals surface area contributed by atoms with Crippen LogP contribution < -0.4 is 10.7 Å². The van der Waals surface area contributed by atoms with E-state index in [1.54, 1.807) is 6.07 Å². The van der Waals surface area contributed by atoms with Crippen LogP contribution in [0.3, 0.4) is 0 Å². The molecule has 0 spiro atoms. The Labute approximate surface area is 107 Å². The number of anilines is 1. The molecule has 0 bridgehead atoms. The van der Waals surface area contributed by atoms with E-state index in [4.69, 9.17) is 0 Å². The van der Waals surface area contributed by atoms with E-state index in [9.17, 15) is 18.0 Å². The Kier molecular flexibility index (Phi) is 3.46. The van der Waals surface area contributed by atoms with Crippen LogP contribution >= 0.6 is 0 Å². The largest absolute Gasteiger partial charge is 0.418 e. The van der Waals surface area contributed by atoms with Gasteiger partial charge in [-0.2, -0.15) is 18.3 Å². The van der Waals surface area contributed by atoms with Gasteiger partial charge < -0.3 is 5.32 Å². The molecule has 0 unspecified atom stereocenters. The van der Waals surface area contributed by atoms with E-state index in [0.29, 0.717) is 17.7 Å². The molecular weight excluding hydrogens is 259 g/mol. The summed E-state index contributed by atoms with van der Waals surface area (Å²) in [6.07, 6.45) is -3.87. The van der Waals surface area contributed by atoms with Crippen molar-refractivity contribution in [3.63, 3.8) is 0 Å². The molecule has 0 radical (unpaired) electrons. The summed E-state index contributed by atoms with van der Waals surface area (Å²) >= 11 is 0. The molecule has 1 aliphatic heterocycles. The van der Waals surface area contributed by atoms with Gasteiger partial charge in [0.05, 0.1) is 11.3 Å².